The predicted molar refractivity (Wildman–Crippen MR) is 61.0 cm³/mol. The summed E-state index contributed by atoms with van der Waals surface area (Å²) in [7, 11) is 0. The van der Waals surface area contributed by atoms with Gasteiger partial charge in [-0.3, -0.25) is 3.71 Å². The van der Waals surface area contributed by atoms with Crippen LogP contribution >= 0.6 is 25.6 Å². The molecule has 0 aliphatic heterocycles. The van der Waals surface area contributed by atoms with E-state index in [0.29, 0.717) is 0 Å². The van der Waals surface area contributed by atoms with Crippen LogP contribution in [0.2, 0.25) is 0 Å². The third-order valence-electron chi connectivity index (χ3n) is 1.83. The Balaban J connectivity index is 3.11. The first kappa shape index (κ1) is 9.81. The maximum Gasteiger partial charge on any atom is 0.0620 e. The van der Waals surface area contributed by atoms with E-state index in [4.69, 9.17) is 0 Å². The fourth-order valence-electron chi connectivity index (χ4n) is 1.19. The van der Waals surface area contributed by atoms with Crippen LogP contribution in [0.4, 0.5) is 5.69 Å². The summed E-state index contributed by atoms with van der Waals surface area (Å²) in [4.78, 5) is 0. The van der Waals surface area contributed by atoms with Gasteiger partial charge in [-0.05, 0) is 25.0 Å². The van der Waals surface area contributed by atoms with Crippen LogP contribution in [0.15, 0.2) is 18.2 Å². The van der Waals surface area contributed by atoms with E-state index in [1.807, 2.05) is 6.07 Å². The molecule has 0 fully saturated rings. The summed E-state index contributed by atoms with van der Waals surface area (Å²) in [5.74, 6) is 0. The van der Waals surface area contributed by atoms with Crippen molar-refractivity contribution in [3.05, 3.63) is 29.3 Å². The van der Waals surface area contributed by atoms with Crippen molar-refractivity contribution in [3.63, 3.8) is 0 Å². The summed E-state index contributed by atoms with van der Waals surface area (Å²) in [5.41, 5.74) is 3.62. The van der Waals surface area contributed by atoms with Crippen molar-refractivity contribution in [2.24, 2.45) is 0 Å². The zero-order chi connectivity index (χ0) is 9.14. The molecule has 3 heteroatoms. The minimum absolute atomic E-state index is 1.01. The van der Waals surface area contributed by atoms with Crippen LogP contribution < -0.4 is 3.71 Å². The molecule has 0 saturated carbocycles. The number of hydrogen-bond donors (Lipinski definition) is 2. The zero-order valence-electron chi connectivity index (χ0n) is 7.28. The highest BCUT2D eigenvalue weighted by atomic mass is 32.2. The first-order valence-electron chi connectivity index (χ1n) is 3.92. The van der Waals surface area contributed by atoms with Crippen LogP contribution in [0.1, 0.15) is 18.1 Å². The van der Waals surface area contributed by atoms with Gasteiger partial charge in [0.2, 0.25) is 0 Å². The van der Waals surface area contributed by atoms with Crippen molar-refractivity contribution >= 4 is 31.3 Å². The van der Waals surface area contributed by atoms with E-state index in [9.17, 15) is 0 Å². The molecular weight excluding hydrogens is 186 g/mol. The van der Waals surface area contributed by atoms with Crippen molar-refractivity contribution < 1.29 is 0 Å². The van der Waals surface area contributed by atoms with Crippen molar-refractivity contribution in [2.45, 2.75) is 20.3 Å². The standard InChI is InChI=1S/C9H13NS2/c1-3-8-6-7(2)4-5-9(8)10(11)12/h4-6,11-12H,3H2,1-2H3. The quantitative estimate of drug-likeness (QED) is 0.692. The van der Waals surface area contributed by atoms with Gasteiger partial charge in [-0.2, -0.15) is 0 Å². The van der Waals surface area contributed by atoms with Gasteiger partial charge in [-0.25, -0.2) is 0 Å². The Morgan fingerprint density at radius 1 is 1.33 bits per heavy atom. The third kappa shape index (κ3) is 2.11. The molecule has 12 heavy (non-hydrogen) atoms. The van der Waals surface area contributed by atoms with Gasteiger partial charge in [0.15, 0.2) is 0 Å². The SMILES string of the molecule is CCc1cc(C)ccc1N(S)S. The maximum atomic E-state index is 4.14. The molecule has 0 aliphatic carbocycles. The van der Waals surface area contributed by atoms with E-state index in [1.54, 1.807) is 3.71 Å². The van der Waals surface area contributed by atoms with E-state index in [-0.39, 0.29) is 0 Å². The number of nitrogens with zero attached hydrogens (tertiary/aromatic N) is 1. The molecule has 0 amide bonds. The molecule has 1 aromatic rings. The van der Waals surface area contributed by atoms with Crippen LogP contribution in [-0.2, 0) is 6.42 Å². The van der Waals surface area contributed by atoms with Crippen LogP contribution in [0.5, 0.6) is 0 Å². The van der Waals surface area contributed by atoms with Crippen LogP contribution in [0.3, 0.4) is 0 Å². The Bertz CT molecular complexity index is 271. The predicted octanol–water partition coefficient (Wildman–Crippen LogP) is 3.05. The van der Waals surface area contributed by atoms with Crippen molar-refractivity contribution in [3.8, 4) is 0 Å². The summed E-state index contributed by atoms with van der Waals surface area (Å²) < 4.78 is 1.55. The molecular formula is C9H13NS2. The second-order valence-electron chi connectivity index (χ2n) is 2.78. The van der Waals surface area contributed by atoms with E-state index >= 15 is 0 Å². The molecule has 66 valence electrons. The molecule has 0 aromatic heterocycles. The highest BCUT2D eigenvalue weighted by molar-refractivity contribution is 8.00. The largest absolute Gasteiger partial charge is 0.264 e. The molecule has 0 aliphatic rings. The monoisotopic (exact) mass is 199 g/mol. The van der Waals surface area contributed by atoms with Crippen molar-refractivity contribution in [2.75, 3.05) is 3.71 Å². The van der Waals surface area contributed by atoms with Gasteiger partial charge in [0.05, 0.1) is 5.69 Å². The minimum atomic E-state index is 1.01. The van der Waals surface area contributed by atoms with Gasteiger partial charge in [-0.1, -0.05) is 50.2 Å². The van der Waals surface area contributed by atoms with E-state index in [1.165, 1.54) is 11.1 Å². The van der Waals surface area contributed by atoms with Crippen LogP contribution in [0.25, 0.3) is 0 Å². The molecule has 0 atom stereocenters. The summed E-state index contributed by atoms with van der Waals surface area (Å²) >= 11 is 8.29. The second kappa shape index (κ2) is 4.10. The molecule has 1 nitrogen and oxygen atoms in total. The third-order valence-corrected chi connectivity index (χ3v) is 2.26. The summed E-state index contributed by atoms with van der Waals surface area (Å²) in [5, 5.41) is 0. The number of aryl methyl sites for hydroxylation is 2. The maximum absolute atomic E-state index is 4.14. The minimum Gasteiger partial charge on any atom is -0.264 e. The van der Waals surface area contributed by atoms with E-state index in [2.05, 4.69) is 51.6 Å². The van der Waals surface area contributed by atoms with Crippen LogP contribution in [0, 0.1) is 6.92 Å². The summed E-state index contributed by atoms with van der Waals surface area (Å²) in [6.45, 7) is 4.22. The summed E-state index contributed by atoms with van der Waals surface area (Å²) in [6.07, 6.45) is 1.01. The van der Waals surface area contributed by atoms with Gasteiger partial charge < -0.3 is 0 Å². The molecule has 0 bridgehead atoms. The van der Waals surface area contributed by atoms with E-state index in [0.717, 1.165) is 12.1 Å². The Kier molecular flexibility index (Phi) is 3.35. The van der Waals surface area contributed by atoms with Gasteiger partial charge in [-0.15, -0.1) is 0 Å². The molecule has 0 saturated heterocycles. The molecule has 1 rings (SSSR count). The average molecular weight is 199 g/mol. The highest BCUT2D eigenvalue weighted by Gasteiger charge is 2.03. The molecule has 0 heterocycles. The van der Waals surface area contributed by atoms with Gasteiger partial charge in [0.25, 0.3) is 0 Å². The van der Waals surface area contributed by atoms with Crippen LogP contribution in [-0.4, -0.2) is 0 Å². The first-order chi connectivity index (χ1) is 5.65. The molecule has 0 unspecified atom stereocenters. The lowest BCUT2D eigenvalue weighted by molar-refractivity contribution is 1.13. The highest BCUT2D eigenvalue weighted by Crippen LogP contribution is 2.24. The fourth-order valence-corrected chi connectivity index (χ4v) is 1.58. The smallest absolute Gasteiger partial charge is 0.0620 e. The zero-order valence-corrected chi connectivity index (χ0v) is 9.07. The van der Waals surface area contributed by atoms with Crippen molar-refractivity contribution in [1.82, 2.24) is 0 Å². The number of anilines is 1. The molecule has 0 spiro atoms. The number of thiol groups is 2. The molecule has 0 radical (unpaired) electrons. The number of hydrogen-bond acceptors (Lipinski definition) is 3. The Hall–Kier alpha value is -0.280. The normalized spacial score (nSPS) is 10.0. The number of benzene rings is 1. The number of rotatable bonds is 2. The fraction of sp³-hybridized carbons (Fsp3) is 0.333. The Morgan fingerprint density at radius 2 is 2.00 bits per heavy atom. The van der Waals surface area contributed by atoms with Crippen molar-refractivity contribution in [1.29, 1.82) is 0 Å². The lowest BCUT2D eigenvalue weighted by atomic mass is 10.1. The Morgan fingerprint density at radius 3 is 2.50 bits per heavy atom. The first-order valence-corrected chi connectivity index (χ1v) is 4.72. The van der Waals surface area contributed by atoms with Gasteiger partial charge in [0.1, 0.15) is 0 Å². The average Bonchev–Trinajstić information content (AvgIpc) is 2.03. The molecule has 0 N–H and O–H groups in total. The summed E-state index contributed by atoms with van der Waals surface area (Å²) in [6, 6.07) is 6.26. The lowest BCUT2D eigenvalue weighted by Crippen LogP contribution is -1.97. The van der Waals surface area contributed by atoms with Gasteiger partial charge >= 0.3 is 0 Å². The second-order valence-corrected chi connectivity index (χ2v) is 3.89. The lowest BCUT2D eigenvalue weighted by Gasteiger charge is -2.14. The molecule has 1 aromatic carbocycles. The van der Waals surface area contributed by atoms with Gasteiger partial charge in [0, 0.05) is 0 Å². The van der Waals surface area contributed by atoms with E-state index < -0.39 is 0 Å². The Labute approximate surface area is 84.9 Å². The topological polar surface area (TPSA) is 3.24 Å².